The van der Waals surface area contributed by atoms with Gasteiger partial charge in [-0.05, 0) is 18.9 Å². The van der Waals surface area contributed by atoms with Crippen LogP contribution in [0.5, 0.6) is 0 Å². The van der Waals surface area contributed by atoms with E-state index in [4.69, 9.17) is 10.00 Å². The Balaban J connectivity index is 1.62. The Morgan fingerprint density at radius 3 is 3.27 bits per heavy atom. The number of pyridine rings is 1. The molecule has 2 N–H and O–H groups in total. The first kappa shape index (κ1) is 16.1. The van der Waals surface area contributed by atoms with Crippen LogP contribution < -0.4 is 10.2 Å². The molecule has 0 radical (unpaired) electrons. The average Bonchev–Trinajstić information content (AvgIpc) is 3.15. The minimum Gasteiger partial charge on any atom is -0.444 e. The fourth-order valence-electron chi connectivity index (χ4n) is 3.31. The third-order valence-corrected chi connectivity index (χ3v) is 4.43. The molecule has 9 heteroatoms. The first-order valence-electron chi connectivity index (χ1n) is 8.39. The predicted molar refractivity (Wildman–Crippen MR) is 94.5 cm³/mol. The summed E-state index contributed by atoms with van der Waals surface area (Å²) < 4.78 is 5.43. The van der Waals surface area contributed by atoms with Crippen molar-refractivity contribution in [1.82, 2.24) is 25.3 Å². The zero-order chi connectivity index (χ0) is 17.9. The van der Waals surface area contributed by atoms with Crippen molar-refractivity contribution in [2.75, 3.05) is 24.5 Å². The largest absolute Gasteiger partial charge is 0.444 e. The number of carbonyl (C=O) groups excluding carboxylic acids is 1. The van der Waals surface area contributed by atoms with E-state index in [2.05, 4.69) is 30.2 Å². The van der Waals surface area contributed by atoms with Gasteiger partial charge >= 0.3 is 6.09 Å². The number of fused-ring (bicyclic) bond motifs is 3. The van der Waals surface area contributed by atoms with Gasteiger partial charge in [-0.15, -0.1) is 0 Å². The molecule has 4 rings (SSSR count). The maximum atomic E-state index is 11.7. The Bertz CT molecular complexity index is 994. The Morgan fingerprint density at radius 1 is 1.46 bits per heavy atom. The molecule has 3 aromatic rings. The smallest absolute Gasteiger partial charge is 0.408 e. The lowest BCUT2D eigenvalue weighted by atomic mass is 10.1. The van der Waals surface area contributed by atoms with Crippen LogP contribution in [0.15, 0.2) is 24.8 Å². The molecule has 1 aliphatic rings. The van der Waals surface area contributed by atoms with Gasteiger partial charge < -0.3 is 19.9 Å². The number of H-pyrrole nitrogens is 1. The Labute approximate surface area is 149 Å². The van der Waals surface area contributed by atoms with Crippen LogP contribution in [0.3, 0.4) is 0 Å². The van der Waals surface area contributed by atoms with Gasteiger partial charge in [-0.3, -0.25) is 0 Å². The number of rotatable bonds is 3. The fraction of sp³-hybridized carbons (Fsp3) is 0.353. The summed E-state index contributed by atoms with van der Waals surface area (Å²) in [5, 5.41) is 12.8. The molecule has 9 nitrogen and oxygen atoms in total. The van der Waals surface area contributed by atoms with Crippen LogP contribution in [0.4, 0.5) is 10.6 Å². The summed E-state index contributed by atoms with van der Waals surface area (Å²) >= 11 is 0. The zero-order valence-corrected chi connectivity index (χ0v) is 14.0. The Hall–Kier alpha value is -3.41. The van der Waals surface area contributed by atoms with Crippen LogP contribution in [-0.2, 0) is 4.74 Å². The number of hydrogen-bond acceptors (Lipinski definition) is 7. The van der Waals surface area contributed by atoms with Gasteiger partial charge in [0, 0.05) is 18.1 Å². The molecule has 0 aliphatic carbocycles. The van der Waals surface area contributed by atoms with Gasteiger partial charge in [-0.2, -0.15) is 5.26 Å². The van der Waals surface area contributed by atoms with Crippen LogP contribution in [0, 0.1) is 11.3 Å². The van der Waals surface area contributed by atoms with Crippen molar-refractivity contribution in [3.8, 4) is 6.07 Å². The van der Waals surface area contributed by atoms with Gasteiger partial charge in [-0.1, -0.05) is 0 Å². The van der Waals surface area contributed by atoms with Crippen LogP contribution in [-0.4, -0.2) is 51.8 Å². The molecular weight excluding hydrogens is 334 g/mol. The van der Waals surface area contributed by atoms with Crippen molar-refractivity contribution in [3.63, 3.8) is 0 Å². The van der Waals surface area contributed by atoms with Gasteiger partial charge in [0.05, 0.1) is 36.0 Å². The molecule has 0 saturated carbocycles. The molecule has 26 heavy (non-hydrogen) atoms. The quantitative estimate of drug-likeness (QED) is 0.689. The number of carbonyl (C=O) groups is 1. The van der Waals surface area contributed by atoms with Crippen molar-refractivity contribution in [1.29, 1.82) is 5.26 Å². The molecule has 4 heterocycles. The van der Waals surface area contributed by atoms with Crippen molar-refractivity contribution in [2.24, 2.45) is 0 Å². The zero-order valence-electron chi connectivity index (χ0n) is 14.0. The summed E-state index contributed by atoms with van der Waals surface area (Å²) in [7, 11) is 0. The number of hydrogen-bond donors (Lipinski definition) is 2. The Kier molecular flexibility index (Phi) is 4.23. The molecule has 1 atom stereocenters. The minimum absolute atomic E-state index is 0.0645. The second kappa shape index (κ2) is 6.84. The fourth-order valence-corrected chi connectivity index (χ4v) is 3.31. The molecule has 132 valence electrons. The number of piperidine rings is 1. The first-order chi connectivity index (χ1) is 12.8. The molecule has 0 bridgehead atoms. The van der Waals surface area contributed by atoms with Crippen LogP contribution in [0.25, 0.3) is 21.9 Å². The lowest BCUT2D eigenvalue weighted by Gasteiger charge is -2.33. The van der Waals surface area contributed by atoms with E-state index in [1.807, 2.05) is 12.1 Å². The van der Waals surface area contributed by atoms with Gasteiger partial charge in [0.25, 0.3) is 0 Å². The van der Waals surface area contributed by atoms with Crippen molar-refractivity contribution in [3.05, 3.63) is 24.8 Å². The second-order valence-corrected chi connectivity index (χ2v) is 6.08. The third kappa shape index (κ3) is 2.97. The second-order valence-electron chi connectivity index (χ2n) is 6.08. The predicted octanol–water partition coefficient (Wildman–Crippen LogP) is 1.72. The number of nitrogens with zero attached hydrogens (tertiary/aromatic N) is 5. The molecule has 1 amide bonds. The van der Waals surface area contributed by atoms with E-state index in [-0.39, 0.29) is 12.6 Å². The highest BCUT2D eigenvalue weighted by Gasteiger charge is 2.25. The van der Waals surface area contributed by atoms with Gasteiger partial charge in [0.15, 0.2) is 5.65 Å². The van der Waals surface area contributed by atoms with E-state index >= 15 is 0 Å². The molecule has 0 aromatic carbocycles. The summed E-state index contributed by atoms with van der Waals surface area (Å²) in [5.74, 6) is 0.824. The maximum absolute atomic E-state index is 11.7. The lowest BCUT2D eigenvalue weighted by molar-refractivity contribution is 0.0892. The van der Waals surface area contributed by atoms with E-state index in [0.29, 0.717) is 12.2 Å². The molecule has 3 aromatic heterocycles. The molecule has 1 aliphatic heterocycles. The highest BCUT2D eigenvalue weighted by Crippen LogP contribution is 2.31. The van der Waals surface area contributed by atoms with Crippen molar-refractivity contribution >= 4 is 33.8 Å². The van der Waals surface area contributed by atoms with Crippen molar-refractivity contribution in [2.45, 2.75) is 18.9 Å². The number of aromatic nitrogens is 4. The SMILES string of the molecule is N#CCNC(=O)OC1CCCN(c2nc[nH]c3cnc4nccc4c23)C1. The molecule has 1 unspecified atom stereocenters. The van der Waals surface area contributed by atoms with E-state index in [1.54, 1.807) is 18.7 Å². The number of nitrogens with one attached hydrogen (secondary N) is 2. The number of anilines is 1. The molecule has 0 spiro atoms. The minimum atomic E-state index is -0.565. The van der Waals surface area contributed by atoms with Gasteiger partial charge in [0.1, 0.15) is 18.5 Å². The summed E-state index contributed by atoms with van der Waals surface area (Å²) in [5.41, 5.74) is 1.56. The van der Waals surface area contributed by atoms with E-state index in [1.165, 1.54) is 0 Å². The monoisotopic (exact) mass is 351 g/mol. The summed E-state index contributed by atoms with van der Waals surface area (Å²) in [6.07, 6.45) is 5.97. The molecule has 1 saturated heterocycles. The van der Waals surface area contributed by atoms with E-state index in [0.717, 1.165) is 41.5 Å². The highest BCUT2D eigenvalue weighted by atomic mass is 16.6. The molecule has 1 fully saturated rings. The van der Waals surface area contributed by atoms with Crippen LogP contribution in [0.2, 0.25) is 0 Å². The number of ether oxygens (including phenoxy) is 1. The summed E-state index contributed by atoms with van der Waals surface area (Å²) in [4.78, 5) is 30.1. The van der Waals surface area contributed by atoms with Crippen LogP contribution >= 0.6 is 0 Å². The third-order valence-electron chi connectivity index (χ3n) is 4.43. The standard InChI is InChI=1S/C17H17N7O2/c18-4-6-20-17(25)26-11-2-1-7-24(9-11)16-14-12-3-5-19-15(12)21-8-13(14)22-10-23-16/h3,5,8,10-11H,1-2,6-7,9H2,(H,20,25)(H,22,23). The lowest BCUT2D eigenvalue weighted by Crippen LogP contribution is -2.42. The molecular formula is C17H17N7O2. The van der Waals surface area contributed by atoms with Crippen molar-refractivity contribution < 1.29 is 9.53 Å². The normalized spacial score (nSPS) is 17.2. The van der Waals surface area contributed by atoms with Gasteiger partial charge in [-0.25, -0.2) is 19.7 Å². The van der Waals surface area contributed by atoms with Gasteiger partial charge in [0.2, 0.25) is 0 Å². The maximum Gasteiger partial charge on any atom is 0.408 e. The highest BCUT2D eigenvalue weighted by molar-refractivity contribution is 6.08. The summed E-state index contributed by atoms with van der Waals surface area (Å²) in [6, 6.07) is 3.78. The topological polar surface area (TPSA) is 120 Å². The average molecular weight is 351 g/mol. The number of aromatic amines is 1. The summed E-state index contributed by atoms with van der Waals surface area (Å²) in [6.45, 7) is 1.30. The van der Waals surface area contributed by atoms with E-state index < -0.39 is 6.09 Å². The van der Waals surface area contributed by atoms with Crippen LogP contribution in [0.1, 0.15) is 12.8 Å². The number of alkyl carbamates (subject to hydrolysis) is 1. The number of nitriles is 1. The number of amides is 1. The first-order valence-corrected chi connectivity index (χ1v) is 8.39. The Morgan fingerprint density at radius 2 is 2.38 bits per heavy atom. The van der Waals surface area contributed by atoms with E-state index in [9.17, 15) is 4.79 Å².